The first-order valence-corrected chi connectivity index (χ1v) is 10.1. The third kappa shape index (κ3) is 4.36. The van der Waals surface area contributed by atoms with Gasteiger partial charge in [0.2, 0.25) is 0 Å². The maximum atomic E-state index is 13.3. The van der Waals surface area contributed by atoms with Gasteiger partial charge in [0.05, 0.1) is 17.6 Å². The topological polar surface area (TPSA) is 47.3 Å². The molecule has 0 aliphatic heterocycles. The predicted octanol–water partition coefficient (Wildman–Crippen LogP) is 4.82. The predicted molar refractivity (Wildman–Crippen MR) is 116 cm³/mol. The lowest BCUT2D eigenvalue weighted by Gasteiger charge is -2.17. The van der Waals surface area contributed by atoms with Gasteiger partial charge in [-0.2, -0.15) is 0 Å². The summed E-state index contributed by atoms with van der Waals surface area (Å²) in [4.78, 5) is 4.75. The van der Waals surface area contributed by atoms with E-state index in [1.807, 2.05) is 60.9 Å². The average molecular weight is 404 g/mol. The van der Waals surface area contributed by atoms with Crippen LogP contribution in [-0.2, 0) is 13.0 Å². The van der Waals surface area contributed by atoms with Crippen LogP contribution in [0.25, 0.3) is 11.0 Å². The van der Waals surface area contributed by atoms with Crippen molar-refractivity contribution in [3.63, 3.8) is 0 Å². The number of aryl methyl sites for hydroxylation is 2. The molecule has 4 rings (SSSR count). The maximum absolute atomic E-state index is 13.3. The van der Waals surface area contributed by atoms with Crippen molar-refractivity contribution in [1.29, 1.82) is 0 Å². The molecule has 1 heterocycles. The molecule has 4 aromatic rings. The Balaban J connectivity index is 1.55. The minimum Gasteiger partial charge on any atom is -0.490 e. The summed E-state index contributed by atoms with van der Waals surface area (Å²) in [6.45, 7) is 4.55. The van der Waals surface area contributed by atoms with Crippen molar-refractivity contribution in [2.75, 3.05) is 6.61 Å². The molecule has 0 spiro atoms. The minimum atomic E-state index is -0.700. The van der Waals surface area contributed by atoms with Gasteiger partial charge in [-0.05, 0) is 54.8 Å². The number of hydrogen-bond donors (Lipinski definition) is 1. The van der Waals surface area contributed by atoms with Crippen molar-refractivity contribution >= 4 is 11.0 Å². The molecule has 0 amide bonds. The zero-order valence-corrected chi connectivity index (χ0v) is 17.2. The van der Waals surface area contributed by atoms with Gasteiger partial charge in [-0.15, -0.1) is 0 Å². The van der Waals surface area contributed by atoms with Crippen LogP contribution in [0.1, 0.15) is 22.5 Å². The molecule has 154 valence electrons. The number of fused-ring (bicyclic) bond motifs is 1. The first-order valence-electron chi connectivity index (χ1n) is 10.1. The zero-order chi connectivity index (χ0) is 21.1. The molecule has 1 aromatic heterocycles. The van der Waals surface area contributed by atoms with Crippen LogP contribution >= 0.6 is 0 Å². The summed E-state index contributed by atoms with van der Waals surface area (Å²) in [7, 11) is 0. The van der Waals surface area contributed by atoms with Gasteiger partial charge in [0.25, 0.3) is 0 Å². The number of benzene rings is 3. The monoisotopic (exact) mass is 404 g/mol. The Morgan fingerprint density at radius 1 is 0.967 bits per heavy atom. The molecule has 0 bridgehead atoms. The SMILES string of the molecule is Cc1cccc(C)c1OCC(O)Cn1c(Cc2ccc(F)cc2)nc2ccccc21. The lowest BCUT2D eigenvalue weighted by molar-refractivity contribution is 0.0921. The highest BCUT2D eigenvalue weighted by atomic mass is 19.1. The third-order valence-corrected chi connectivity index (χ3v) is 5.23. The molecule has 0 saturated carbocycles. The lowest BCUT2D eigenvalue weighted by Crippen LogP contribution is -2.25. The van der Waals surface area contributed by atoms with Gasteiger partial charge in [-0.1, -0.05) is 42.5 Å². The highest BCUT2D eigenvalue weighted by Crippen LogP contribution is 2.23. The molecule has 1 unspecified atom stereocenters. The molecule has 3 aromatic carbocycles. The van der Waals surface area contributed by atoms with E-state index in [1.165, 1.54) is 12.1 Å². The number of aliphatic hydroxyl groups excluding tert-OH is 1. The molecular formula is C25H25FN2O2. The second kappa shape index (κ2) is 8.67. The fourth-order valence-electron chi connectivity index (χ4n) is 3.72. The van der Waals surface area contributed by atoms with Crippen LogP contribution < -0.4 is 4.74 Å². The summed E-state index contributed by atoms with van der Waals surface area (Å²) in [5.41, 5.74) is 4.90. The van der Waals surface area contributed by atoms with E-state index in [1.54, 1.807) is 12.1 Å². The van der Waals surface area contributed by atoms with E-state index in [-0.39, 0.29) is 12.4 Å². The number of ether oxygens (including phenoxy) is 1. The summed E-state index contributed by atoms with van der Waals surface area (Å²) in [6, 6.07) is 20.3. The van der Waals surface area contributed by atoms with Crippen molar-refractivity contribution in [3.05, 3.63) is 95.1 Å². The van der Waals surface area contributed by atoms with Gasteiger partial charge < -0.3 is 14.4 Å². The fraction of sp³-hybridized carbons (Fsp3) is 0.240. The Morgan fingerprint density at radius 2 is 1.67 bits per heavy atom. The van der Waals surface area contributed by atoms with E-state index in [0.29, 0.717) is 13.0 Å². The van der Waals surface area contributed by atoms with E-state index < -0.39 is 6.10 Å². The van der Waals surface area contributed by atoms with Gasteiger partial charge >= 0.3 is 0 Å². The van der Waals surface area contributed by atoms with E-state index in [0.717, 1.165) is 39.3 Å². The Labute approximate surface area is 175 Å². The molecule has 4 nitrogen and oxygen atoms in total. The first-order chi connectivity index (χ1) is 14.5. The minimum absolute atomic E-state index is 0.189. The highest BCUT2D eigenvalue weighted by Gasteiger charge is 2.16. The van der Waals surface area contributed by atoms with E-state index >= 15 is 0 Å². The summed E-state index contributed by atoms with van der Waals surface area (Å²) in [6.07, 6.45) is -0.145. The molecule has 5 heteroatoms. The number of halogens is 1. The number of nitrogens with zero attached hydrogens (tertiary/aromatic N) is 2. The number of rotatable bonds is 7. The molecular weight excluding hydrogens is 379 g/mol. The third-order valence-electron chi connectivity index (χ3n) is 5.23. The quantitative estimate of drug-likeness (QED) is 0.480. The summed E-state index contributed by atoms with van der Waals surface area (Å²) < 4.78 is 21.2. The molecule has 0 aliphatic rings. The number of aromatic nitrogens is 2. The molecule has 1 atom stereocenters. The largest absolute Gasteiger partial charge is 0.490 e. The van der Waals surface area contributed by atoms with Crippen molar-refractivity contribution in [1.82, 2.24) is 9.55 Å². The van der Waals surface area contributed by atoms with Crippen LogP contribution in [-0.4, -0.2) is 27.4 Å². The fourth-order valence-corrected chi connectivity index (χ4v) is 3.72. The number of para-hydroxylation sites is 3. The van der Waals surface area contributed by atoms with Crippen LogP contribution in [0.4, 0.5) is 4.39 Å². The number of aliphatic hydroxyl groups is 1. The molecule has 0 radical (unpaired) electrons. The van der Waals surface area contributed by atoms with Crippen LogP contribution in [0.15, 0.2) is 66.7 Å². The lowest BCUT2D eigenvalue weighted by atomic mass is 10.1. The van der Waals surface area contributed by atoms with Crippen LogP contribution in [0.5, 0.6) is 5.75 Å². The summed E-state index contributed by atoms with van der Waals surface area (Å²) in [5.74, 6) is 1.39. The van der Waals surface area contributed by atoms with Gasteiger partial charge in [0.1, 0.15) is 30.1 Å². The Bertz CT molecular complexity index is 1130. The second-order valence-electron chi connectivity index (χ2n) is 7.62. The van der Waals surface area contributed by atoms with Crippen LogP contribution in [0.3, 0.4) is 0 Å². The van der Waals surface area contributed by atoms with Crippen molar-refractivity contribution in [2.45, 2.75) is 32.9 Å². The molecule has 0 aliphatic carbocycles. The Morgan fingerprint density at radius 3 is 2.40 bits per heavy atom. The zero-order valence-electron chi connectivity index (χ0n) is 17.2. The van der Waals surface area contributed by atoms with Crippen LogP contribution in [0, 0.1) is 19.7 Å². The van der Waals surface area contributed by atoms with Gasteiger partial charge in [0, 0.05) is 6.42 Å². The van der Waals surface area contributed by atoms with E-state index in [4.69, 9.17) is 9.72 Å². The number of hydrogen-bond acceptors (Lipinski definition) is 3. The summed E-state index contributed by atoms with van der Waals surface area (Å²) in [5, 5.41) is 10.7. The second-order valence-corrected chi connectivity index (χ2v) is 7.62. The molecule has 0 fully saturated rings. The maximum Gasteiger partial charge on any atom is 0.125 e. The van der Waals surface area contributed by atoms with Gasteiger partial charge in [0.15, 0.2) is 0 Å². The van der Waals surface area contributed by atoms with Crippen molar-refractivity contribution < 1.29 is 14.2 Å². The van der Waals surface area contributed by atoms with Gasteiger partial charge in [-0.3, -0.25) is 0 Å². The highest BCUT2D eigenvalue weighted by molar-refractivity contribution is 5.76. The Hall–Kier alpha value is -3.18. The molecule has 0 saturated heterocycles. The Kier molecular flexibility index (Phi) is 5.81. The van der Waals surface area contributed by atoms with E-state index in [2.05, 4.69) is 0 Å². The van der Waals surface area contributed by atoms with Crippen molar-refractivity contribution in [3.8, 4) is 5.75 Å². The van der Waals surface area contributed by atoms with Crippen LogP contribution in [0.2, 0.25) is 0 Å². The summed E-state index contributed by atoms with van der Waals surface area (Å²) >= 11 is 0. The van der Waals surface area contributed by atoms with E-state index in [9.17, 15) is 9.50 Å². The molecule has 1 N–H and O–H groups in total. The van der Waals surface area contributed by atoms with Gasteiger partial charge in [-0.25, -0.2) is 9.37 Å². The normalized spacial score (nSPS) is 12.3. The standard InChI is InChI=1S/C25H25FN2O2/c1-17-6-5-7-18(2)25(17)30-16-21(29)15-28-23-9-4-3-8-22(23)27-24(28)14-19-10-12-20(26)13-11-19/h3-13,21,29H,14-16H2,1-2H3. The number of imidazole rings is 1. The molecule has 30 heavy (non-hydrogen) atoms. The van der Waals surface area contributed by atoms with Crippen molar-refractivity contribution in [2.24, 2.45) is 0 Å². The first kappa shape index (κ1) is 20.1. The smallest absolute Gasteiger partial charge is 0.125 e. The average Bonchev–Trinajstić information content (AvgIpc) is 3.06.